The van der Waals surface area contributed by atoms with E-state index in [1.54, 1.807) is 0 Å². The first-order valence-corrected chi connectivity index (χ1v) is 11.1. The van der Waals surface area contributed by atoms with Crippen molar-refractivity contribution in [1.29, 1.82) is 0 Å². The maximum Gasteiger partial charge on any atom is 0.236 e. The Morgan fingerprint density at radius 2 is 1.93 bits per heavy atom. The minimum absolute atomic E-state index is 0.165. The third kappa shape index (κ3) is 5.46. The maximum absolute atomic E-state index is 12.1. The van der Waals surface area contributed by atoms with Crippen LogP contribution in [0.5, 0.6) is 5.75 Å². The number of benzene rings is 1. The zero-order valence-electron chi connectivity index (χ0n) is 16.5. The molecule has 0 aliphatic carbocycles. The van der Waals surface area contributed by atoms with Crippen LogP contribution in [-0.4, -0.2) is 36.6 Å². The second-order valence-electron chi connectivity index (χ2n) is 6.27. The number of aromatic nitrogens is 5. The number of hydrogen-bond donors (Lipinski definition) is 1. The summed E-state index contributed by atoms with van der Waals surface area (Å²) in [6.07, 6.45) is 0. The maximum atomic E-state index is 12.1. The topological polar surface area (TPSA) is 94.8 Å². The first-order valence-electron chi connectivity index (χ1n) is 8.91. The van der Waals surface area contributed by atoms with Gasteiger partial charge in [-0.2, -0.15) is 0 Å². The number of carbonyl (C=O) groups is 1. The number of anilines is 1. The van der Waals surface area contributed by atoms with Gasteiger partial charge in [-0.3, -0.25) is 10.1 Å². The lowest BCUT2D eigenvalue weighted by atomic mass is 10.1. The van der Waals surface area contributed by atoms with Gasteiger partial charge in [0.2, 0.25) is 11.0 Å². The van der Waals surface area contributed by atoms with Gasteiger partial charge in [-0.05, 0) is 51.0 Å². The van der Waals surface area contributed by atoms with E-state index in [1.807, 2.05) is 44.4 Å². The molecule has 0 atom stereocenters. The molecule has 0 unspecified atom stereocenters. The minimum Gasteiger partial charge on any atom is -0.486 e. The molecule has 1 N–H and O–H groups in total. The van der Waals surface area contributed by atoms with Gasteiger partial charge < -0.3 is 9.30 Å². The van der Waals surface area contributed by atoms with Crippen LogP contribution in [0.2, 0.25) is 5.02 Å². The summed E-state index contributed by atoms with van der Waals surface area (Å²) in [5.74, 6) is 1.46. The molecule has 0 saturated carbocycles. The van der Waals surface area contributed by atoms with E-state index in [0.717, 1.165) is 26.9 Å². The summed E-state index contributed by atoms with van der Waals surface area (Å²) in [7, 11) is 0. The van der Waals surface area contributed by atoms with Crippen LogP contribution < -0.4 is 10.1 Å². The molecule has 0 aliphatic rings. The molecule has 2 heterocycles. The summed E-state index contributed by atoms with van der Waals surface area (Å²) in [5, 5.41) is 21.6. The number of hydrogen-bond acceptors (Lipinski definition) is 8. The fraction of sp³-hybridized carbons (Fsp3) is 0.389. The van der Waals surface area contributed by atoms with Gasteiger partial charge in [-0.25, -0.2) is 0 Å². The van der Waals surface area contributed by atoms with Gasteiger partial charge in [0, 0.05) is 11.6 Å². The van der Waals surface area contributed by atoms with Crippen LogP contribution in [0.4, 0.5) is 5.13 Å². The van der Waals surface area contributed by atoms with E-state index in [9.17, 15) is 4.79 Å². The van der Waals surface area contributed by atoms with Gasteiger partial charge in [-0.15, -0.1) is 20.4 Å². The molecule has 1 amide bonds. The Bertz CT molecular complexity index is 997. The van der Waals surface area contributed by atoms with E-state index < -0.39 is 0 Å². The van der Waals surface area contributed by atoms with Crippen LogP contribution >= 0.6 is 34.7 Å². The number of nitrogens with zero attached hydrogens (tertiary/aromatic N) is 5. The second kappa shape index (κ2) is 9.55. The number of aryl methyl sites for hydroxylation is 3. The van der Waals surface area contributed by atoms with Crippen LogP contribution in [0.1, 0.15) is 28.9 Å². The van der Waals surface area contributed by atoms with E-state index in [1.165, 1.54) is 23.1 Å². The molecule has 0 aliphatic heterocycles. The summed E-state index contributed by atoms with van der Waals surface area (Å²) >= 11 is 8.86. The Labute approximate surface area is 182 Å². The first kappa shape index (κ1) is 21.5. The van der Waals surface area contributed by atoms with Crippen molar-refractivity contribution >= 4 is 45.7 Å². The quantitative estimate of drug-likeness (QED) is 0.515. The number of amides is 1. The third-order valence-electron chi connectivity index (χ3n) is 3.99. The highest BCUT2D eigenvalue weighted by molar-refractivity contribution is 7.99. The van der Waals surface area contributed by atoms with E-state index in [0.29, 0.717) is 22.7 Å². The van der Waals surface area contributed by atoms with Crippen LogP contribution in [0.15, 0.2) is 17.3 Å². The molecule has 2 aromatic heterocycles. The van der Waals surface area contributed by atoms with Crippen molar-refractivity contribution in [2.24, 2.45) is 0 Å². The first-order chi connectivity index (χ1) is 13.9. The molecule has 1 aromatic carbocycles. The molecule has 0 saturated heterocycles. The lowest BCUT2D eigenvalue weighted by Crippen LogP contribution is -2.14. The van der Waals surface area contributed by atoms with Gasteiger partial charge in [0.05, 0.1) is 5.75 Å². The molecule has 8 nitrogen and oxygen atoms in total. The molecule has 0 radical (unpaired) electrons. The summed E-state index contributed by atoms with van der Waals surface area (Å²) < 4.78 is 7.82. The highest BCUT2D eigenvalue weighted by atomic mass is 35.5. The molecule has 3 rings (SSSR count). The van der Waals surface area contributed by atoms with Crippen molar-refractivity contribution in [3.05, 3.63) is 39.1 Å². The number of halogens is 1. The van der Waals surface area contributed by atoms with Crippen molar-refractivity contribution in [3.63, 3.8) is 0 Å². The minimum atomic E-state index is -0.165. The molecule has 11 heteroatoms. The smallest absolute Gasteiger partial charge is 0.236 e. The monoisotopic (exact) mass is 452 g/mol. The van der Waals surface area contributed by atoms with Crippen molar-refractivity contribution in [2.75, 3.05) is 11.1 Å². The normalized spacial score (nSPS) is 10.9. The predicted octanol–water partition coefficient (Wildman–Crippen LogP) is 4.04. The van der Waals surface area contributed by atoms with E-state index >= 15 is 0 Å². The van der Waals surface area contributed by atoms with Crippen molar-refractivity contribution in [1.82, 2.24) is 25.0 Å². The zero-order chi connectivity index (χ0) is 21.0. The van der Waals surface area contributed by atoms with E-state index in [4.69, 9.17) is 16.3 Å². The van der Waals surface area contributed by atoms with Gasteiger partial charge in [0.25, 0.3) is 0 Å². The molecule has 154 valence electrons. The molecular formula is C18H21ClN6O2S2. The Kier molecular flexibility index (Phi) is 7.09. The zero-order valence-corrected chi connectivity index (χ0v) is 18.9. The highest BCUT2D eigenvalue weighted by Crippen LogP contribution is 2.26. The lowest BCUT2D eigenvalue weighted by Gasteiger charge is -2.11. The van der Waals surface area contributed by atoms with Gasteiger partial charge in [0.1, 0.15) is 17.4 Å². The van der Waals surface area contributed by atoms with E-state index in [-0.39, 0.29) is 18.3 Å². The van der Waals surface area contributed by atoms with Crippen molar-refractivity contribution in [2.45, 2.75) is 46.0 Å². The number of thioether (sulfide) groups is 1. The fourth-order valence-corrected chi connectivity index (χ4v) is 4.16. The fourth-order valence-electron chi connectivity index (χ4n) is 2.62. The van der Waals surface area contributed by atoms with Crippen LogP contribution in [0, 0.1) is 20.8 Å². The largest absolute Gasteiger partial charge is 0.486 e. The second-order valence-corrected chi connectivity index (χ2v) is 8.77. The average molecular weight is 453 g/mol. The number of nitrogens with one attached hydrogen (secondary N) is 1. The van der Waals surface area contributed by atoms with Crippen LogP contribution in [0.25, 0.3) is 0 Å². The molecular weight excluding hydrogens is 432 g/mol. The summed E-state index contributed by atoms with van der Waals surface area (Å²) in [6.45, 7) is 8.67. The Morgan fingerprint density at radius 3 is 2.55 bits per heavy atom. The predicted molar refractivity (Wildman–Crippen MR) is 115 cm³/mol. The van der Waals surface area contributed by atoms with Crippen LogP contribution in [0.3, 0.4) is 0 Å². The number of carbonyl (C=O) groups excluding carboxylic acids is 1. The summed E-state index contributed by atoms with van der Waals surface area (Å²) in [4.78, 5) is 12.1. The Balaban J connectivity index is 1.60. The molecule has 29 heavy (non-hydrogen) atoms. The lowest BCUT2D eigenvalue weighted by molar-refractivity contribution is -0.113. The molecule has 0 fully saturated rings. The summed E-state index contributed by atoms with van der Waals surface area (Å²) in [5.41, 5.74) is 1.93. The molecule has 3 aromatic rings. The molecule has 0 bridgehead atoms. The van der Waals surface area contributed by atoms with Gasteiger partial charge in [-0.1, -0.05) is 34.7 Å². The standard InChI is InChI=1S/C18H21ClN6O2S2/c1-5-25-14(8-27-13-6-10(2)16(19)11(3)7-13)22-24-18(25)28-9-15(26)20-17-23-21-12(4)29-17/h6-7H,5,8-9H2,1-4H3,(H,20,23,26). The average Bonchev–Trinajstić information content (AvgIpc) is 3.27. The Hall–Kier alpha value is -2.17. The highest BCUT2D eigenvalue weighted by Gasteiger charge is 2.15. The van der Waals surface area contributed by atoms with Crippen molar-refractivity contribution in [3.8, 4) is 5.75 Å². The van der Waals surface area contributed by atoms with Gasteiger partial charge >= 0.3 is 0 Å². The summed E-state index contributed by atoms with van der Waals surface area (Å²) in [6, 6.07) is 3.80. The van der Waals surface area contributed by atoms with Crippen molar-refractivity contribution < 1.29 is 9.53 Å². The van der Waals surface area contributed by atoms with Crippen LogP contribution in [-0.2, 0) is 17.9 Å². The molecule has 0 spiro atoms. The van der Waals surface area contributed by atoms with E-state index in [2.05, 4.69) is 25.7 Å². The third-order valence-corrected chi connectivity index (χ3v) is 6.31. The number of rotatable bonds is 8. The Morgan fingerprint density at radius 1 is 1.21 bits per heavy atom. The number of ether oxygens (including phenoxy) is 1. The van der Waals surface area contributed by atoms with Gasteiger partial charge in [0.15, 0.2) is 11.0 Å². The SMILES string of the molecule is CCn1c(COc2cc(C)c(Cl)c(C)c2)nnc1SCC(=O)Nc1nnc(C)s1.